The molecule has 0 heterocycles. The molecule has 0 fully saturated rings. The van der Waals surface area contributed by atoms with Gasteiger partial charge < -0.3 is 5.32 Å². The molecule has 0 aliphatic carbocycles. The summed E-state index contributed by atoms with van der Waals surface area (Å²) in [6.07, 6.45) is 1.33. The van der Waals surface area contributed by atoms with Crippen LogP contribution in [-0.2, 0) is 11.2 Å². The first-order valence-corrected chi connectivity index (χ1v) is 9.87. The van der Waals surface area contributed by atoms with E-state index in [2.05, 4.69) is 16.2 Å². The molecule has 2 aromatic carbocycles. The molecule has 6 nitrogen and oxygen atoms in total. The van der Waals surface area contributed by atoms with Crippen molar-refractivity contribution < 1.29 is 14.4 Å². The van der Waals surface area contributed by atoms with Gasteiger partial charge >= 0.3 is 0 Å². The maximum absolute atomic E-state index is 12.6. The Balaban J connectivity index is 2.01. The second-order valence-corrected chi connectivity index (χ2v) is 7.46. The number of amides is 3. The molecule has 0 aliphatic heterocycles. The fourth-order valence-electron chi connectivity index (χ4n) is 2.94. The topological polar surface area (TPSA) is 87.3 Å². The predicted molar refractivity (Wildman–Crippen MR) is 113 cm³/mol. The lowest BCUT2D eigenvalue weighted by Crippen LogP contribution is -2.52. The highest BCUT2D eigenvalue weighted by molar-refractivity contribution is 5.99. The van der Waals surface area contributed by atoms with E-state index in [0.717, 1.165) is 17.5 Å². The maximum Gasteiger partial charge on any atom is 0.269 e. The molecular weight excluding hydrogens is 366 g/mol. The molecule has 0 saturated carbocycles. The largest absolute Gasteiger partial charge is 0.340 e. The number of nitrogens with one attached hydrogen (secondary N) is 3. The molecule has 3 N–H and O–H groups in total. The number of aryl methyl sites for hydroxylation is 2. The van der Waals surface area contributed by atoms with Crippen LogP contribution in [0.2, 0.25) is 0 Å². The summed E-state index contributed by atoms with van der Waals surface area (Å²) in [5, 5.41) is 2.78. The van der Waals surface area contributed by atoms with E-state index in [1.165, 1.54) is 0 Å². The minimum atomic E-state index is -0.759. The fraction of sp³-hybridized carbons (Fsp3) is 0.348. The lowest BCUT2D eigenvalue weighted by Gasteiger charge is -2.21. The monoisotopic (exact) mass is 395 g/mol. The van der Waals surface area contributed by atoms with Crippen molar-refractivity contribution in [2.75, 3.05) is 0 Å². The maximum atomic E-state index is 12.6. The molecule has 6 heteroatoms. The molecule has 1 atom stereocenters. The standard InChI is InChI=1S/C23H29N3O3/c1-5-17-10-12-18(13-11-17)21(27)25-26-23(29)20(14-15(2)3)24-22(28)19-9-7-6-8-16(19)4/h6-13,15,20H,5,14H2,1-4H3,(H,24,28)(H,25,27)(H,26,29). The second-order valence-electron chi connectivity index (χ2n) is 7.46. The van der Waals surface area contributed by atoms with Gasteiger partial charge in [0, 0.05) is 11.1 Å². The Morgan fingerprint density at radius 3 is 2.14 bits per heavy atom. The van der Waals surface area contributed by atoms with Gasteiger partial charge in [-0.05, 0) is 55.0 Å². The van der Waals surface area contributed by atoms with Gasteiger partial charge in [0.25, 0.3) is 17.7 Å². The summed E-state index contributed by atoms with van der Waals surface area (Å²) in [6.45, 7) is 7.81. The minimum Gasteiger partial charge on any atom is -0.340 e. The summed E-state index contributed by atoms with van der Waals surface area (Å²) in [5.74, 6) is -1.00. The van der Waals surface area contributed by atoms with E-state index < -0.39 is 17.9 Å². The van der Waals surface area contributed by atoms with E-state index in [9.17, 15) is 14.4 Å². The highest BCUT2D eigenvalue weighted by Gasteiger charge is 2.23. The third kappa shape index (κ3) is 6.45. The lowest BCUT2D eigenvalue weighted by atomic mass is 10.0. The molecule has 2 aromatic rings. The Kier molecular flexibility index (Phi) is 7.95. The van der Waals surface area contributed by atoms with Crippen molar-refractivity contribution in [3.63, 3.8) is 0 Å². The molecule has 0 aromatic heterocycles. The zero-order valence-corrected chi connectivity index (χ0v) is 17.4. The van der Waals surface area contributed by atoms with Crippen molar-refractivity contribution >= 4 is 17.7 Å². The molecule has 0 spiro atoms. The number of rotatable bonds is 7. The summed E-state index contributed by atoms with van der Waals surface area (Å²) in [4.78, 5) is 37.5. The van der Waals surface area contributed by atoms with Gasteiger partial charge in [0.2, 0.25) is 0 Å². The number of carbonyl (C=O) groups excluding carboxylic acids is 3. The Hall–Kier alpha value is -3.15. The van der Waals surface area contributed by atoms with Crippen LogP contribution in [0.1, 0.15) is 59.0 Å². The highest BCUT2D eigenvalue weighted by atomic mass is 16.2. The molecule has 0 saturated heterocycles. The zero-order chi connectivity index (χ0) is 21.4. The van der Waals surface area contributed by atoms with Crippen LogP contribution in [0.5, 0.6) is 0 Å². The zero-order valence-electron chi connectivity index (χ0n) is 17.4. The molecule has 0 radical (unpaired) electrons. The van der Waals surface area contributed by atoms with E-state index >= 15 is 0 Å². The van der Waals surface area contributed by atoms with E-state index in [1.54, 1.807) is 24.3 Å². The molecule has 29 heavy (non-hydrogen) atoms. The highest BCUT2D eigenvalue weighted by Crippen LogP contribution is 2.10. The summed E-state index contributed by atoms with van der Waals surface area (Å²) < 4.78 is 0. The van der Waals surface area contributed by atoms with E-state index in [0.29, 0.717) is 17.5 Å². The fourth-order valence-corrected chi connectivity index (χ4v) is 2.94. The van der Waals surface area contributed by atoms with Crippen molar-refractivity contribution in [2.45, 2.75) is 46.6 Å². The quantitative estimate of drug-likeness (QED) is 0.629. The van der Waals surface area contributed by atoms with Gasteiger partial charge in [-0.3, -0.25) is 25.2 Å². The average molecular weight is 396 g/mol. The Morgan fingerprint density at radius 2 is 1.55 bits per heavy atom. The molecule has 0 aliphatic rings. The molecule has 2 rings (SSSR count). The van der Waals surface area contributed by atoms with Crippen LogP contribution in [0.4, 0.5) is 0 Å². The SMILES string of the molecule is CCc1ccc(C(=O)NNC(=O)C(CC(C)C)NC(=O)c2ccccc2C)cc1. The van der Waals surface area contributed by atoms with Crippen molar-refractivity contribution in [3.05, 3.63) is 70.8 Å². The van der Waals surface area contributed by atoms with Gasteiger partial charge in [-0.25, -0.2) is 0 Å². The van der Waals surface area contributed by atoms with Crippen LogP contribution in [-0.4, -0.2) is 23.8 Å². The summed E-state index contributed by atoms with van der Waals surface area (Å²) in [7, 11) is 0. The Morgan fingerprint density at radius 1 is 0.897 bits per heavy atom. The van der Waals surface area contributed by atoms with Crippen LogP contribution >= 0.6 is 0 Å². The van der Waals surface area contributed by atoms with E-state index in [4.69, 9.17) is 0 Å². The van der Waals surface area contributed by atoms with Crippen LogP contribution < -0.4 is 16.2 Å². The Bertz CT molecular complexity index is 860. The molecule has 0 bridgehead atoms. The number of carbonyl (C=O) groups is 3. The van der Waals surface area contributed by atoms with Crippen molar-refractivity contribution in [2.24, 2.45) is 5.92 Å². The summed E-state index contributed by atoms with van der Waals surface area (Å²) in [5.41, 5.74) is 7.79. The molecular formula is C23H29N3O3. The molecule has 3 amide bonds. The van der Waals surface area contributed by atoms with Crippen molar-refractivity contribution in [3.8, 4) is 0 Å². The Labute approximate surface area is 172 Å². The first-order chi connectivity index (χ1) is 13.8. The predicted octanol–water partition coefficient (Wildman–Crippen LogP) is 3.16. The average Bonchev–Trinajstić information content (AvgIpc) is 2.71. The molecule has 154 valence electrons. The van der Waals surface area contributed by atoms with Gasteiger partial charge in [-0.2, -0.15) is 0 Å². The van der Waals surface area contributed by atoms with Gasteiger partial charge in [0.15, 0.2) is 0 Å². The lowest BCUT2D eigenvalue weighted by molar-refractivity contribution is -0.124. The van der Waals surface area contributed by atoms with Gasteiger partial charge in [-0.15, -0.1) is 0 Å². The third-order valence-corrected chi connectivity index (χ3v) is 4.64. The third-order valence-electron chi connectivity index (χ3n) is 4.64. The number of benzene rings is 2. The van der Waals surface area contributed by atoms with Crippen LogP contribution in [0.3, 0.4) is 0 Å². The van der Waals surface area contributed by atoms with E-state index in [1.807, 2.05) is 52.0 Å². The normalized spacial score (nSPS) is 11.6. The van der Waals surface area contributed by atoms with E-state index in [-0.39, 0.29) is 11.8 Å². The minimum absolute atomic E-state index is 0.181. The second kappa shape index (κ2) is 10.4. The van der Waals surface area contributed by atoms with Gasteiger partial charge in [-0.1, -0.05) is 51.1 Å². The number of hydrogen-bond donors (Lipinski definition) is 3. The number of hydrazine groups is 1. The summed E-state index contributed by atoms with van der Waals surface area (Å²) in [6, 6.07) is 13.6. The van der Waals surface area contributed by atoms with Crippen molar-refractivity contribution in [1.82, 2.24) is 16.2 Å². The van der Waals surface area contributed by atoms with Crippen molar-refractivity contribution in [1.29, 1.82) is 0 Å². The first-order valence-electron chi connectivity index (χ1n) is 9.87. The molecule has 1 unspecified atom stereocenters. The first kappa shape index (κ1) is 22.1. The summed E-state index contributed by atoms with van der Waals surface area (Å²) >= 11 is 0. The van der Waals surface area contributed by atoms with Crippen LogP contribution in [0, 0.1) is 12.8 Å². The van der Waals surface area contributed by atoms with Gasteiger partial charge in [0.05, 0.1) is 0 Å². The number of hydrogen-bond acceptors (Lipinski definition) is 3. The van der Waals surface area contributed by atoms with Crippen LogP contribution in [0.15, 0.2) is 48.5 Å². The smallest absolute Gasteiger partial charge is 0.269 e. The van der Waals surface area contributed by atoms with Crippen LogP contribution in [0.25, 0.3) is 0 Å². The van der Waals surface area contributed by atoms with Gasteiger partial charge in [0.1, 0.15) is 6.04 Å².